The zero-order valence-electron chi connectivity index (χ0n) is 13.1. The third kappa shape index (κ3) is 4.74. The van der Waals surface area contributed by atoms with Gasteiger partial charge >= 0.3 is 0 Å². The number of piperidine rings is 1. The lowest BCUT2D eigenvalue weighted by atomic mass is 10.1. The van der Waals surface area contributed by atoms with E-state index in [-0.39, 0.29) is 5.91 Å². The average molecular weight is 290 g/mol. The lowest BCUT2D eigenvalue weighted by Crippen LogP contribution is -2.36. The van der Waals surface area contributed by atoms with Gasteiger partial charge in [0.05, 0.1) is 6.10 Å². The summed E-state index contributed by atoms with van der Waals surface area (Å²) in [5.74, 6) is 0.102. The van der Waals surface area contributed by atoms with Crippen LogP contribution >= 0.6 is 0 Å². The molecule has 2 rings (SSSR count). The molecule has 1 amide bonds. The summed E-state index contributed by atoms with van der Waals surface area (Å²) in [5, 5.41) is 2.95. The second-order valence-electron chi connectivity index (χ2n) is 5.62. The van der Waals surface area contributed by atoms with Crippen molar-refractivity contribution < 1.29 is 9.53 Å². The minimum atomic E-state index is 0.102. The Kier molecular flexibility index (Phi) is 6.05. The number of carbonyl (C=O) groups excluding carboxylic acids is 1. The molecule has 0 radical (unpaired) electrons. The van der Waals surface area contributed by atoms with E-state index in [1.165, 1.54) is 5.69 Å². The maximum atomic E-state index is 11.7. The van der Waals surface area contributed by atoms with Gasteiger partial charge in [-0.1, -0.05) is 13.3 Å². The first kappa shape index (κ1) is 15.8. The fraction of sp³-hybridized carbons (Fsp3) is 0.588. The SMILES string of the molecule is CCCCC(=O)Nc1ccc(N2CCC(OC)CC2)cc1. The quantitative estimate of drug-likeness (QED) is 0.872. The molecule has 0 unspecified atom stereocenters. The molecule has 116 valence electrons. The van der Waals surface area contributed by atoms with Crippen LogP contribution in [0.15, 0.2) is 24.3 Å². The molecule has 1 fully saturated rings. The molecule has 21 heavy (non-hydrogen) atoms. The topological polar surface area (TPSA) is 41.6 Å². The maximum Gasteiger partial charge on any atom is 0.224 e. The number of methoxy groups -OCH3 is 1. The average Bonchev–Trinajstić information content (AvgIpc) is 2.54. The number of unbranched alkanes of at least 4 members (excludes halogenated alkanes) is 1. The van der Waals surface area contributed by atoms with Crippen LogP contribution in [0.2, 0.25) is 0 Å². The summed E-state index contributed by atoms with van der Waals surface area (Å²) >= 11 is 0. The Morgan fingerprint density at radius 1 is 1.29 bits per heavy atom. The summed E-state index contributed by atoms with van der Waals surface area (Å²) in [6.45, 7) is 4.15. The second kappa shape index (κ2) is 8.03. The van der Waals surface area contributed by atoms with Gasteiger partial charge in [-0.3, -0.25) is 4.79 Å². The van der Waals surface area contributed by atoms with Gasteiger partial charge in [-0.2, -0.15) is 0 Å². The van der Waals surface area contributed by atoms with Crippen molar-refractivity contribution >= 4 is 17.3 Å². The monoisotopic (exact) mass is 290 g/mol. The van der Waals surface area contributed by atoms with Crippen molar-refractivity contribution in [1.82, 2.24) is 0 Å². The number of rotatable bonds is 6. The number of benzene rings is 1. The van der Waals surface area contributed by atoms with Crippen LogP contribution in [0.3, 0.4) is 0 Å². The lowest BCUT2D eigenvalue weighted by molar-refractivity contribution is -0.116. The number of carbonyl (C=O) groups is 1. The van der Waals surface area contributed by atoms with Crippen LogP contribution in [0.5, 0.6) is 0 Å². The van der Waals surface area contributed by atoms with E-state index in [0.29, 0.717) is 12.5 Å². The Balaban J connectivity index is 1.86. The number of nitrogens with zero attached hydrogens (tertiary/aromatic N) is 1. The predicted molar refractivity (Wildman–Crippen MR) is 86.8 cm³/mol. The van der Waals surface area contributed by atoms with E-state index in [1.807, 2.05) is 12.1 Å². The minimum absolute atomic E-state index is 0.102. The molecular formula is C17H26N2O2. The number of anilines is 2. The molecular weight excluding hydrogens is 264 g/mol. The van der Waals surface area contributed by atoms with Crippen LogP contribution in [0.4, 0.5) is 11.4 Å². The van der Waals surface area contributed by atoms with Gasteiger partial charge in [0.15, 0.2) is 0 Å². The maximum absolute atomic E-state index is 11.7. The molecule has 4 nitrogen and oxygen atoms in total. The lowest BCUT2D eigenvalue weighted by Gasteiger charge is -2.33. The Morgan fingerprint density at radius 3 is 2.52 bits per heavy atom. The highest BCUT2D eigenvalue weighted by molar-refractivity contribution is 5.90. The zero-order valence-corrected chi connectivity index (χ0v) is 13.1. The molecule has 0 atom stereocenters. The highest BCUT2D eigenvalue weighted by Crippen LogP contribution is 2.23. The minimum Gasteiger partial charge on any atom is -0.381 e. The third-order valence-electron chi connectivity index (χ3n) is 4.05. The van der Waals surface area contributed by atoms with Gasteiger partial charge in [-0.25, -0.2) is 0 Å². The van der Waals surface area contributed by atoms with Crippen LogP contribution < -0.4 is 10.2 Å². The van der Waals surface area contributed by atoms with E-state index in [1.54, 1.807) is 7.11 Å². The predicted octanol–water partition coefficient (Wildman–Crippen LogP) is 3.43. The van der Waals surface area contributed by atoms with Crippen molar-refractivity contribution in [3.8, 4) is 0 Å². The van der Waals surface area contributed by atoms with E-state index in [2.05, 4.69) is 29.3 Å². The van der Waals surface area contributed by atoms with Gasteiger partial charge in [-0.05, 0) is 43.5 Å². The largest absolute Gasteiger partial charge is 0.381 e. The Labute approximate surface area is 127 Å². The van der Waals surface area contributed by atoms with E-state index in [9.17, 15) is 4.79 Å². The van der Waals surface area contributed by atoms with Crippen LogP contribution in [0.25, 0.3) is 0 Å². The summed E-state index contributed by atoms with van der Waals surface area (Å²) in [6.07, 6.45) is 5.14. The fourth-order valence-electron chi connectivity index (χ4n) is 2.67. The molecule has 1 aromatic rings. The summed E-state index contributed by atoms with van der Waals surface area (Å²) in [5.41, 5.74) is 2.10. The zero-order chi connectivity index (χ0) is 15.1. The molecule has 0 bridgehead atoms. The van der Waals surface area contributed by atoms with Crippen molar-refractivity contribution in [2.24, 2.45) is 0 Å². The number of hydrogen-bond acceptors (Lipinski definition) is 3. The standard InChI is InChI=1S/C17H26N2O2/c1-3-4-5-17(20)18-14-6-8-15(9-7-14)19-12-10-16(21-2)11-13-19/h6-9,16H,3-5,10-13H2,1-2H3,(H,18,20). The van der Waals surface area contributed by atoms with E-state index < -0.39 is 0 Å². The molecule has 1 aliphatic heterocycles. The Hall–Kier alpha value is -1.55. The van der Waals surface area contributed by atoms with Crippen molar-refractivity contribution in [3.05, 3.63) is 24.3 Å². The summed E-state index contributed by atoms with van der Waals surface area (Å²) in [6, 6.07) is 8.15. The first-order chi connectivity index (χ1) is 10.2. The second-order valence-corrected chi connectivity index (χ2v) is 5.62. The smallest absolute Gasteiger partial charge is 0.224 e. The van der Waals surface area contributed by atoms with E-state index >= 15 is 0 Å². The number of amides is 1. The van der Waals surface area contributed by atoms with Gasteiger partial charge in [-0.15, -0.1) is 0 Å². The molecule has 1 aliphatic rings. The van der Waals surface area contributed by atoms with Crippen LogP contribution in [0, 0.1) is 0 Å². The van der Waals surface area contributed by atoms with Crippen LogP contribution in [0.1, 0.15) is 39.0 Å². The summed E-state index contributed by atoms with van der Waals surface area (Å²) < 4.78 is 5.40. The van der Waals surface area contributed by atoms with Crippen molar-refractivity contribution in [2.45, 2.75) is 45.1 Å². The number of nitrogens with one attached hydrogen (secondary N) is 1. The molecule has 0 saturated carbocycles. The Morgan fingerprint density at radius 2 is 1.95 bits per heavy atom. The highest BCUT2D eigenvalue weighted by atomic mass is 16.5. The number of hydrogen-bond donors (Lipinski definition) is 1. The molecule has 0 aromatic heterocycles. The molecule has 0 aliphatic carbocycles. The van der Waals surface area contributed by atoms with Gasteiger partial charge in [0.25, 0.3) is 0 Å². The van der Waals surface area contributed by atoms with Crippen molar-refractivity contribution in [3.63, 3.8) is 0 Å². The first-order valence-electron chi connectivity index (χ1n) is 7.90. The Bertz CT molecular complexity index is 437. The molecule has 4 heteroatoms. The van der Waals surface area contributed by atoms with Crippen molar-refractivity contribution in [1.29, 1.82) is 0 Å². The molecule has 1 aromatic carbocycles. The van der Waals surface area contributed by atoms with Gasteiger partial charge in [0.2, 0.25) is 5.91 Å². The summed E-state index contributed by atoms with van der Waals surface area (Å²) in [7, 11) is 1.79. The van der Waals surface area contributed by atoms with E-state index in [4.69, 9.17) is 4.74 Å². The van der Waals surface area contributed by atoms with Gasteiger partial charge in [0.1, 0.15) is 0 Å². The molecule has 1 N–H and O–H groups in total. The highest BCUT2D eigenvalue weighted by Gasteiger charge is 2.18. The normalized spacial score (nSPS) is 16.0. The van der Waals surface area contributed by atoms with Crippen LogP contribution in [-0.4, -0.2) is 32.2 Å². The summed E-state index contributed by atoms with van der Waals surface area (Å²) in [4.78, 5) is 14.1. The fourth-order valence-corrected chi connectivity index (χ4v) is 2.67. The van der Waals surface area contributed by atoms with E-state index in [0.717, 1.165) is 44.5 Å². The third-order valence-corrected chi connectivity index (χ3v) is 4.05. The van der Waals surface area contributed by atoms with Crippen LogP contribution in [-0.2, 0) is 9.53 Å². The molecule has 1 heterocycles. The first-order valence-corrected chi connectivity index (χ1v) is 7.90. The molecule has 0 spiro atoms. The van der Waals surface area contributed by atoms with Crippen molar-refractivity contribution in [2.75, 3.05) is 30.4 Å². The molecule has 1 saturated heterocycles. The van der Waals surface area contributed by atoms with Gasteiger partial charge < -0.3 is 15.0 Å². The number of ether oxygens (including phenoxy) is 1. The van der Waals surface area contributed by atoms with Gasteiger partial charge in [0, 0.05) is 38.0 Å².